The molecule has 1 amide bonds. The molecule has 0 saturated heterocycles. The maximum absolute atomic E-state index is 12.3. The van der Waals surface area contributed by atoms with Crippen molar-refractivity contribution < 1.29 is 15.0 Å². The Hall–Kier alpha value is -3.49. The number of carbonyl (C=O) groups excluding carboxylic acids is 1. The molecule has 4 rings (SSSR count). The van der Waals surface area contributed by atoms with E-state index in [9.17, 15) is 15.0 Å². The number of benzene rings is 3. The van der Waals surface area contributed by atoms with Gasteiger partial charge in [0, 0.05) is 5.02 Å². The maximum atomic E-state index is 12.3. The van der Waals surface area contributed by atoms with Crippen LogP contribution in [0.25, 0.3) is 11.0 Å². The summed E-state index contributed by atoms with van der Waals surface area (Å²) in [6, 6.07) is 19.7. The topological polar surface area (TPSA) is 99.7 Å². The van der Waals surface area contributed by atoms with Crippen LogP contribution in [-0.4, -0.2) is 37.6 Å². The number of hydrogen-bond donors (Lipinski definition) is 3. The molecular formula is C23H19ClN4O3S. The van der Waals surface area contributed by atoms with E-state index in [1.54, 1.807) is 6.07 Å². The van der Waals surface area contributed by atoms with Crippen molar-refractivity contribution in [2.75, 3.05) is 5.75 Å². The molecule has 3 N–H and O–H groups in total. The smallest absolute Gasteiger partial charge is 0.250 e. The molecule has 9 heteroatoms. The van der Waals surface area contributed by atoms with Gasteiger partial charge in [0.15, 0.2) is 16.7 Å². The van der Waals surface area contributed by atoms with Gasteiger partial charge in [-0.15, -0.1) is 0 Å². The van der Waals surface area contributed by atoms with Crippen LogP contribution in [0.1, 0.15) is 11.1 Å². The van der Waals surface area contributed by atoms with Crippen LogP contribution in [0.15, 0.2) is 77.0 Å². The maximum Gasteiger partial charge on any atom is 0.250 e. The lowest BCUT2D eigenvalue weighted by Gasteiger charge is -2.09. The Bertz CT molecular complexity index is 1290. The minimum Gasteiger partial charge on any atom is -0.504 e. The van der Waals surface area contributed by atoms with E-state index in [2.05, 4.69) is 20.1 Å². The summed E-state index contributed by atoms with van der Waals surface area (Å²) in [5.74, 6) is -0.638. The molecule has 1 heterocycles. The third kappa shape index (κ3) is 5.22. The Morgan fingerprint density at radius 2 is 1.88 bits per heavy atom. The number of fused-ring (bicyclic) bond motifs is 1. The van der Waals surface area contributed by atoms with E-state index < -0.39 is 0 Å². The molecule has 0 aliphatic rings. The first kappa shape index (κ1) is 21.7. The Labute approximate surface area is 193 Å². The van der Waals surface area contributed by atoms with Gasteiger partial charge in [-0.25, -0.2) is 10.4 Å². The Morgan fingerprint density at radius 3 is 2.66 bits per heavy atom. The molecule has 0 unspecified atom stereocenters. The van der Waals surface area contributed by atoms with Crippen LogP contribution in [0.5, 0.6) is 11.5 Å². The second kappa shape index (κ2) is 9.76. The zero-order valence-corrected chi connectivity index (χ0v) is 18.3. The molecule has 4 aromatic rings. The summed E-state index contributed by atoms with van der Waals surface area (Å²) in [6.07, 6.45) is 1.39. The SMILES string of the molecule is O=C(CSc1nc2ccccc2n1Cc1ccc(Cl)cc1)N/N=C/c1ccc(O)c(O)c1. The molecule has 0 radical (unpaired) electrons. The van der Waals surface area contributed by atoms with Crippen LogP contribution in [0.3, 0.4) is 0 Å². The highest BCUT2D eigenvalue weighted by Crippen LogP contribution is 2.26. The third-order valence-corrected chi connectivity index (χ3v) is 5.84. The third-order valence-electron chi connectivity index (χ3n) is 4.61. The van der Waals surface area contributed by atoms with Gasteiger partial charge < -0.3 is 14.8 Å². The van der Waals surface area contributed by atoms with Gasteiger partial charge in [0.2, 0.25) is 0 Å². The number of amides is 1. The Morgan fingerprint density at radius 1 is 1.09 bits per heavy atom. The summed E-state index contributed by atoms with van der Waals surface area (Å²) < 4.78 is 2.07. The number of carbonyl (C=O) groups is 1. The van der Waals surface area contributed by atoms with Crippen molar-refractivity contribution in [1.82, 2.24) is 15.0 Å². The van der Waals surface area contributed by atoms with Crippen molar-refractivity contribution >= 4 is 46.5 Å². The number of phenolic OH excluding ortho intramolecular Hbond substituents is 2. The number of aromatic hydroxyl groups is 2. The summed E-state index contributed by atoms with van der Waals surface area (Å²) >= 11 is 7.32. The molecule has 7 nitrogen and oxygen atoms in total. The van der Waals surface area contributed by atoms with Crippen molar-refractivity contribution in [3.63, 3.8) is 0 Å². The second-order valence-corrected chi connectivity index (χ2v) is 8.30. The first-order chi connectivity index (χ1) is 15.5. The van der Waals surface area contributed by atoms with E-state index in [1.807, 2.05) is 48.5 Å². The highest BCUT2D eigenvalue weighted by molar-refractivity contribution is 7.99. The molecule has 0 atom stereocenters. The number of nitrogens with zero attached hydrogens (tertiary/aromatic N) is 3. The van der Waals surface area contributed by atoms with Crippen LogP contribution >= 0.6 is 23.4 Å². The van der Waals surface area contributed by atoms with Gasteiger partial charge in [-0.2, -0.15) is 5.10 Å². The fraction of sp³-hybridized carbons (Fsp3) is 0.0870. The van der Waals surface area contributed by atoms with Gasteiger partial charge in [-0.05, 0) is 53.6 Å². The molecule has 0 aliphatic heterocycles. The predicted molar refractivity (Wildman–Crippen MR) is 127 cm³/mol. The Balaban J connectivity index is 1.44. The second-order valence-electron chi connectivity index (χ2n) is 6.93. The molecule has 0 aliphatic carbocycles. The summed E-state index contributed by atoms with van der Waals surface area (Å²) in [6.45, 7) is 0.601. The highest BCUT2D eigenvalue weighted by atomic mass is 35.5. The molecule has 0 saturated carbocycles. The van der Waals surface area contributed by atoms with Crippen LogP contribution in [-0.2, 0) is 11.3 Å². The van der Waals surface area contributed by atoms with Crippen LogP contribution < -0.4 is 5.43 Å². The number of hydrazone groups is 1. The van der Waals surface area contributed by atoms with Gasteiger partial charge in [0.1, 0.15) is 0 Å². The normalized spacial score (nSPS) is 11.3. The molecule has 1 aromatic heterocycles. The van der Waals surface area contributed by atoms with E-state index in [0.29, 0.717) is 17.1 Å². The van der Waals surface area contributed by atoms with Crippen molar-refractivity contribution in [3.8, 4) is 11.5 Å². The van der Waals surface area contributed by atoms with E-state index in [1.165, 1.54) is 30.1 Å². The van der Waals surface area contributed by atoms with Crippen molar-refractivity contribution in [2.45, 2.75) is 11.7 Å². The van der Waals surface area contributed by atoms with Gasteiger partial charge >= 0.3 is 0 Å². The first-order valence-electron chi connectivity index (χ1n) is 9.66. The van der Waals surface area contributed by atoms with Crippen molar-refractivity contribution in [3.05, 3.63) is 82.9 Å². The molecule has 0 bridgehead atoms. The summed E-state index contributed by atoms with van der Waals surface area (Å²) in [4.78, 5) is 16.9. The molecular weight excluding hydrogens is 448 g/mol. The average molecular weight is 467 g/mol. The first-order valence-corrected chi connectivity index (χ1v) is 11.0. The number of para-hydroxylation sites is 2. The van der Waals surface area contributed by atoms with Gasteiger partial charge in [-0.1, -0.05) is 47.6 Å². The number of imidazole rings is 1. The van der Waals surface area contributed by atoms with E-state index in [4.69, 9.17) is 11.6 Å². The summed E-state index contributed by atoms with van der Waals surface area (Å²) in [5.41, 5.74) is 5.91. The number of aromatic nitrogens is 2. The van der Waals surface area contributed by atoms with Gasteiger partial charge in [0.05, 0.1) is 29.5 Å². The zero-order valence-electron chi connectivity index (χ0n) is 16.8. The number of nitrogens with one attached hydrogen (secondary N) is 1. The molecule has 0 spiro atoms. The fourth-order valence-electron chi connectivity index (χ4n) is 3.05. The fourth-order valence-corrected chi connectivity index (χ4v) is 3.98. The van der Waals surface area contributed by atoms with Crippen LogP contribution in [0, 0.1) is 0 Å². The van der Waals surface area contributed by atoms with Crippen LogP contribution in [0.2, 0.25) is 5.02 Å². The van der Waals surface area contributed by atoms with Crippen LogP contribution in [0.4, 0.5) is 0 Å². The number of halogens is 1. The molecule has 32 heavy (non-hydrogen) atoms. The quantitative estimate of drug-likeness (QED) is 0.162. The lowest BCUT2D eigenvalue weighted by Crippen LogP contribution is -2.20. The minimum atomic E-state index is -0.292. The lowest BCUT2D eigenvalue weighted by atomic mass is 10.2. The van der Waals surface area contributed by atoms with Crippen molar-refractivity contribution in [1.29, 1.82) is 0 Å². The van der Waals surface area contributed by atoms with Crippen molar-refractivity contribution in [2.24, 2.45) is 5.10 Å². The van der Waals surface area contributed by atoms with E-state index in [0.717, 1.165) is 21.8 Å². The number of hydrogen-bond acceptors (Lipinski definition) is 6. The molecule has 0 fully saturated rings. The van der Waals surface area contributed by atoms with E-state index >= 15 is 0 Å². The number of thioether (sulfide) groups is 1. The lowest BCUT2D eigenvalue weighted by molar-refractivity contribution is -0.118. The standard InChI is InChI=1S/C23H19ClN4O3S/c24-17-8-5-15(6-9-17)13-28-19-4-2-1-3-18(19)26-23(28)32-14-22(31)27-25-12-16-7-10-20(29)21(30)11-16/h1-12,29-30H,13-14H2,(H,27,31)/b25-12+. The minimum absolute atomic E-state index is 0.127. The summed E-state index contributed by atoms with van der Waals surface area (Å²) in [5, 5.41) is 24.1. The summed E-state index contributed by atoms with van der Waals surface area (Å²) in [7, 11) is 0. The molecule has 3 aromatic carbocycles. The van der Waals surface area contributed by atoms with Gasteiger partial charge in [0.25, 0.3) is 5.91 Å². The Kier molecular flexibility index (Phi) is 6.63. The predicted octanol–water partition coefficient (Wildman–Crippen LogP) is 4.39. The number of rotatable bonds is 7. The zero-order chi connectivity index (χ0) is 22.5. The largest absolute Gasteiger partial charge is 0.504 e. The van der Waals surface area contributed by atoms with Gasteiger partial charge in [-0.3, -0.25) is 4.79 Å². The monoisotopic (exact) mass is 466 g/mol. The van der Waals surface area contributed by atoms with E-state index in [-0.39, 0.29) is 23.2 Å². The number of phenols is 2. The highest BCUT2D eigenvalue weighted by Gasteiger charge is 2.13. The molecule has 162 valence electrons. The average Bonchev–Trinajstić information content (AvgIpc) is 3.14.